The Morgan fingerprint density at radius 2 is 1.74 bits per heavy atom. The first kappa shape index (κ1) is 22.6. The molecule has 5 rings (SSSR count). The molecule has 2 fully saturated rings. The zero-order chi connectivity index (χ0) is 23.3. The van der Waals surface area contributed by atoms with Crippen LogP contribution in [0.15, 0.2) is 60.8 Å². The highest BCUT2D eigenvalue weighted by Gasteiger charge is 2.31. The molecular weight excluding hydrogens is 426 g/mol. The van der Waals surface area contributed by atoms with E-state index in [4.69, 9.17) is 0 Å². The first-order valence-corrected chi connectivity index (χ1v) is 12.3. The third-order valence-corrected chi connectivity index (χ3v) is 7.12. The number of aromatic nitrogens is 1. The summed E-state index contributed by atoms with van der Waals surface area (Å²) in [4.78, 5) is 34.4. The molecule has 7 nitrogen and oxygen atoms in total. The molecule has 2 aliphatic rings. The van der Waals surface area contributed by atoms with Crippen molar-refractivity contribution in [1.29, 1.82) is 0 Å². The Labute approximate surface area is 200 Å². The average Bonchev–Trinajstić information content (AvgIpc) is 3.36. The van der Waals surface area contributed by atoms with Crippen molar-refractivity contribution in [3.05, 3.63) is 71.9 Å². The molecule has 3 aromatic rings. The SMILES string of the molecule is O=C(N[C@@H](C(=O)N1CCC(CN2CCNCC2)CC1)c1ccccc1)c1ccc2cc[nH]c2c1. The van der Waals surface area contributed by atoms with E-state index in [-0.39, 0.29) is 11.8 Å². The Morgan fingerprint density at radius 1 is 0.971 bits per heavy atom. The number of benzene rings is 2. The van der Waals surface area contributed by atoms with Gasteiger partial charge in [0, 0.05) is 63.1 Å². The van der Waals surface area contributed by atoms with Gasteiger partial charge in [0.05, 0.1) is 0 Å². The molecule has 0 radical (unpaired) electrons. The van der Waals surface area contributed by atoms with Gasteiger partial charge in [-0.2, -0.15) is 0 Å². The van der Waals surface area contributed by atoms with Crippen LogP contribution in [0.3, 0.4) is 0 Å². The number of nitrogens with zero attached hydrogens (tertiary/aromatic N) is 2. The maximum absolute atomic E-state index is 13.6. The zero-order valence-electron chi connectivity index (χ0n) is 19.5. The fraction of sp³-hybridized carbons (Fsp3) is 0.407. The Bertz CT molecular complexity index is 1110. The second-order valence-corrected chi connectivity index (χ2v) is 9.42. The second-order valence-electron chi connectivity index (χ2n) is 9.42. The summed E-state index contributed by atoms with van der Waals surface area (Å²) in [6.45, 7) is 6.93. The minimum Gasteiger partial charge on any atom is -0.361 e. The van der Waals surface area contributed by atoms with E-state index in [1.165, 1.54) is 0 Å². The molecule has 178 valence electrons. The number of fused-ring (bicyclic) bond motifs is 1. The van der Waals surface area contributed by atoms with Crippen LogP contribution in [0.5, 0.6) is 0 Å². The predicted molar refractivity (Wildman–Crippen MR) is 134 cm³/mol. The van der Waals surface area contributed by atoms with E-state index in [0.717, 1.165) is 75.1 Å². The average molecular weight is 460 g/mol. The number of likely N-dealkylation sites (tertiary alicyclic amines) is 1. The zero-order valence-corrected chi connectivity index (χ0v) is 19.5. The molecule has 2 amide bonds. The van der Waals surface area contributed by atoms with E-state index < -0.39 is 6.04 Å². The van der Waals surface area contributed by atoms with Gasteiger partial charge < -0.3 is 25.4 Å². The van der Waals surface area contributed by atoms with Crippen LogP contribution >= 0.6 is 0 Å². The van der Waals surface area contributed by atoms with E-state index in [0.29, 0.717) is 11.5 Å². The van der Waals surface area contributed by atoms with Gasteiger partial charge in [-0.15, -0.1) is 0 Å². The van der Waals surface area contributed by atoms with Crippen LogP contribution in [-0.4, -0.2) is 72.4 Å². The summed E-state index contributed by atoms with van der Waals surface area (Å²) in [7, 11) is 0. The number of nitrogens with one attached hydrogen (secondary N) is 3. The molecule has 0 aliphatic carbocycles. The van der Waals surface area contributed by atoms with Crippen LogP contribution in [-0.2, 0) is 4.79 Å². The normalized spacial score (nSPS) is 18.6. The molecule has 1 atom stereocenters. The predicted octanol–water partition coefficient (Wildman–Crippen LogP) is 2.78. The molecule has 3 heterocycles. The molecule has 2 saturated heterocycles. The van der Waals surface area contributed by atoms with Gasteiger partial charge in [-0.25, -0.2) is 0 Å². The van der Waals surface area contributed by atoms with Crippen molar-refractivity contribution in [3.8, 4) is 0 Å². The highest BCUT2D eigenvalue weighted by atomic mass is 16.2. The standard InChI is InChI=1S/C27H33N5O2/c33-26(23-7-6-21-8-11-29-24(21)18-23)30-25(22-4-2-1-3-5-22)27(34)32-14-9-20(10-15-32)19-31-16-12-28-13-17-31/h1-8,11,18,20,25,28-29H,9-10,12-17,19H2,(H,30,33)/t25-/m1/s1. The lowest BCUT2D eigenvalue weighted by Crippen LogP contribution is -2.49. The first-order chi connectivity index (χ1) is 16.7. The fourth-order valence-electron chi connectivity index (χ4n) is 5.11. The number of piperidine rings is 1. The summed E-state index contributed by atoms with van der Waals surface area (Å²) in [5.41, 5.74) is 2.25. The van der Waals surface area contributed by atoms with Gasteiger partial charge in [-0.05, 0) is 47.9 Å². The van der Waals surface area contributed by atoms with Crippen LogP contribution in [0.1, 0.15) is 34.8 Å². The van der Waals surface area contributed by atoms with Crippen molar-refractivity contribution in [2.45, 2.75) is 18.9 Å². The molecule has 3 N–H and O–H groups in total. The summed E-state index contributed by atoms with van der Waals surface area (Å²) in [6, 6.07) is 16.4. The Kier molecular flexibility index (Phi) is 6.92. The number of aromatic amines is 1. The van der Waals surface area contributed by atoms with E-state index in [1.54, 1.807) is 6.07 Å². The van der Waals surface area contributed by atoms with Gasteiger partial charge in [0.1, 0.15) is 6.04 Å². The molecule has 0 unspecified atom stereocenters. The molecule has 0 bridgehead atoms. The van der Waals surface area contributed by atoms with Gasteiger partial charge in [-0.3, -0.25) is 9.59 Å². The molecule has 34 heavy (non-hydrogen) atoms. The van der Waals surface area contributed by atoms with Crippen molar-refractivity contribution in [3.63, 3.8) is 0 Å². The lowest BCUT2D eigenvalue weighted by Gasteiger charge is -2.37. The highest BCUT2D eigenvalue weighted by molar-refractivity contribution is 6.00. The van der Waals surface area contributed by atoms with Gasteiger partial charge in [0.25, 0.3) is 5.91 Å². The van der Waals surface area contributed by atoms with Crippen LogP contribution in [0, 0.1) is 5.92 Å². The molecule has 0 saturated carbocycles. The van der Waals surface area contributed by atoms with E-state index in [2.05, 4.69) is 20.5 Å². The minimum atomic E-state index is -0.697. The number of piperazine rings is 1. The van der Waals surface area contributed by atoms with Crippen molar-refractivity contribution in [2.24, 2.45) is 5.92 Å². The molecule has 2 aromatic carbocycles. The van der Waals surface area contributed by atoms with Crippen LogP contribution in [0.2, 0.25) is 0 Å². The molecule has 0 spiro atoms. The number of hydrogen-bond acceptors (Lipinski definition) is 4. The van der Waals surface area contributed by atoms with Gasteiger partial charge in [-0.1, -0.05) is 36.4 Å². The number of amides is 2. The fourth-order valence-corrected chi connectivity index (χ4v) is 5.11. The lowest BCUT2D eigenvalue weighted by molar-refractivity contribution is -0.135. The van der Waals surface area contributed by atoms with Crippen molar-refractivity contribution in [1.82, 2.24) is 25.4 Å². The number of rotatable bonds is 6. The van der Waals surface area contributed by atoms with Gasteiger partial charge in [0.2, 0.25) is 5.91 Å². The largest absolute Gasteiger partial charge is 0.361 e. The van der Waals surface area contributed by atoms with E-state index >= 15 is 0 Å². The van der Waals surface area contributed by atoms with Gasteiger partial charge in [0.15, 0.2) is 0 Å². The highest BCUT2D eigenvalue weighted by Crippen LogP contribution is 2.24. The van der Waals surface area contributed by atoms with Crippen LogP contribution < -0.4 is 10.6 Å². The molecule has 2 aliphatic heterocycles. The molecule has 7 heteroatoms. The molecular formula is C27H33N5O2. The summed E-state index contributed by atoms with van der Waals surface area (Å²) in [5, 5.41) is 7.48. The summed E-state index contributed by atoms with van der Waals surface area (Å²) < 4.78 is 0. The summed E-state index contributed by atoms with van der Waals surface area (Å²) in [6.07, 6.45) is 3.87. The van der Waals surface area contributed by atoms with Gasteiger partial charge >= 0.3 is 0 Å². The third-order valence-electron chi connectivity index (χ3n) is 7.12. The Morgan fingerprint density at radius 3 is 2.50 bits per heavy atom. The number of carbonyl (C=O) groups is 2. The van der Waals surface area contributed by atoms with Crippen LogP contribution in [0.4, 0.5) is 0 Å². The van der Waals surface area contributed by atoms with Crippen molar-refractivity contribution >= 4 is 22.7 Å². The number of hydrogen-bond donors (Lipinski definition) is 3. The van der Waals surface area contributed by atoms with Crippen molar-refractivity contribution < 1.29 is 9.59 Å². The van der Waals surface area contributed by atoms with E-state index in [9.17, 15) is 9.59 Å². The number of carbonyl (C=O) groups excluding carboxylic acids is 2. The monoisotopic (exact) mass is 459 g/mol. The van der Waals surface area contributed by atoms with Crippen LogP contribution in [0.25, 0.3) is 10.9 Å². The first-order valence-electron chi connectivity index (χ1n) is 12.3. The maximum atomic E-state index is 13.6. The lowest BCUT2D eigenvalue weighted by atomic mass is 9.94. The van der Waals surface area contributed by atoms with E-state index in [1.807, 2.05) is 59.6 Å². The topological polar surface area (TPSA) is 80.5 Å². The minimum absolute atomic E-state index is 0.0267. The molecule has 1 aromatic heterocycles. The summed E-state index contributed by atoms with van der Waals surface area (Å²) in [5.74, 6) is 0.355. The number of H-pyrrole nitrogens is 1. The second kappa shape index (κ2) is 10.4. The van der Waals surface area contributed by atoms with Crippen molar-refractivity contribution in [2.75, 3.05) is 45.8 Å². The quantitative estimate of drug-likeness (QED) is 0.530. The Balaban J connectivity index is 1.26. The smallest absolute Gasteiger partial charge is 0.252 e. The summed E-state index contributed by atoms with van der Waals surface area (Å²) >= 11 is 0. The maximum Gasteiger partial charge on any atom is 0.252 e. The Hall–Kier alpha value is -3.16. The third kappa shape index (κ3) is 5.16.